The lowest BCUT2D eigenvalue weighted by Crippen LogP contribution is -2.37. The van der Waals surface area contributed by atoms with E-state index >= 15 is 0 Å². The Morgan fingerprint density at radius 1 is 1.39 bits per heavy atom. The van der Waals surface area contributed by atoms with Crippen molar-refractivity contribution in [3.63, 3.8) is 0 Å². The highest BCUT2D eigenvalue weighted by Crippen LogP contribution is 2.47. The molecule has 18 heavy (non-hydrogen) atoms. The average molecular weight is 312 g/mol. The van der Waals surface area contributed by atoms with E-state index in [1.807, 2.05) is 6.07 Å². The molecular formula is C15H22BrNO. The molecule has 1 aliphatic carbocycles. The Kier molecular flexibility index (Phi) is 4.02. The van der Waals surface area contributed by atoms with Crippen molar-refractivity contribution in [1.82, 2.24) is 5.32 Å². The fraction of sp³-hybridized carbons (Fsp3) is 0.600. The molecule has 2 aliphatic rings. The predicted molar refractivity (Wildman–Crippen MR) is 79.8 cm³/mol. The average Bonchev–Trinajstić information content (AvgIpc) is 2.60. The smallest absolute Gasteiger partial charge is 0.119 e. The summed E-state index contributed by atoms with van der Waals surface area (Å²) in [7, 11) is 1.75. The minimum atomic E-state index is 0. The normalized spacial score (nSPS) is 33.9. The molecule has 0 amide bonds. The van der Waals surface area contributed by atoms with Crippen LogP contribution in [0.4, 0.5) is 0 Å². The third kappa shape index (κ3) is 2.08. The van der Waals surface area contributed by atoms with E-state index in [0.29, 0.717) is 11.5 Å². The van der Waals surface area contributed by atoms with Gasteiger partial charge in [0.25, 0.3) is 0 Å². The summed E-state index contributed by atoms with van der Waals surface area (Å²) in [5.74, 6) is 0.984. The number of nitrogens with one attached hydrogen (secondary N) is 1. The first-order valence-electron chi connectivity index (χ1n) is 6.65. The zero-order valence-electron chi connectivity index (χ0n) is 11.1. The van der Waals surface area contributed by atoms with Crippen LogP contribution in [0.25, 0.3) is 0 Å². The van der Waals surface area contributed by atoms with Gasteiger partial charge < -0.3 is 10.1 Å². The van der Waals surface area contributed by atoms with Gasteiger partial charge in [0, 0.05) is 17.5 Å². The monoisotopic (exact) mass is 311 g/mol. The minimum Gasteiger partial charge on any atom is -0.497 e. The number of halogens is 1. The van der Waals surface area contributed by atoms with Crippen LogP contribution < -0.4 is 10.1 Å². The van der Waals surface area contributed by atoms with Gasteiger partial charge in [0.05, 0.1) is 7.11 Å². The topological polar surface area (TPSA) is 21.3 Å². The van der Waals surface area contributed by atoms with Crippen LogP contribution in [0.15, 0.2) is 24.3 Å². The van der Waals surface area contributed by atoms with Crippen LogP contribution in [-0.2, 0) is 5.41 Å². The zero-order valence-corrected chi connectivity index (χ0v) is 12.8. The lowest BCUT2D eigenvalue weighted by atomic mass is 9.68. The molecule has 3 rings (SSSR count). The molecule has 1 aliphatic heterocycles. The maximum absolute atomic E-state index is 5.36. The number of methoxy groups -OCH3 is 1. The Bertz CT molecular complexity index is 423. The summed E-state index contributed by atoms with van der Waals surface area (Å²) in [6.07, 6.45) is 5.29. The van der Waals surface area contributed by atoms with Crippen LogP contribution in [0.3, 0.4) is 0 Å². The van der Waals surface area contributed by atoms with E-state index in [-0.39, 0.29) is 17.0 Å². The van der Waals surface area contributed by atoms with Crippen LogP contribution in [0.5, 0.6) is 5.75 Å². The molecule has 2 nitrogen and oxygen atoms in total. The quantitative estimate of drug-likeness (QED) is 0.903. The van der Waals surface area contributed by atoms with Gasteiger partial charge >= 0.3 is 0 Å². The number of fused-ring (bicyclic) bond motifs is 2. The number of benzene rings is 1. The zero-order chi connectivity index (χ0) is 11.9. The Morgan fingerprint density at radius 3 is 3.00 bits per heavy atom. The summed E-state index contributed by atoms with van der Waals surface area (Å²) in [4.78, 5) is 0. The maximum Gasteiger partial charge on any atom is 0.119 e. The van der Waals surface area contributed by atoms with E-state index in [4.69, 9.17) is 4.74 Å². The van der Waals surface area contributed by atoms with E-state index in [1.165, 1.54) is 31.2 Å². The molecule has 2 fully saturated rings. The van der Waals surface area contributed by atoms with Gasteiger partial charge in [0.15, 0.2) is 0 Å². The molecule has 1 aromatic carbocycles. The highest BCUT2D eigenvalue weighted by atomic mass is 79.9. The van der Waals surface area contributed by atoms with E-state index in [1.54, 1.807) is 7.11 Å². The van der Waals surface area contributed by atoms with Crippen molar-refractivity contribution in [2.45, 2.75) is 50.1 Å². The van der Waals surface area contributed by atoms with Gasteiger partial charge in [0.2, 0.25) is 0 Å². The Balaban J connectivity index is 0.00000120. The maximum atomic E-state index is 5.36. The number of ether oxygens (including phenoxy) is 1. The van der Waals surface area contributed by atoms with Gasteiger partial charge in [-0.05, 0) is 43.9 Å². The summed E-state index contributed by atoms with van der Waals surface area (Å²) in [5, 5.41) is 3.75. The second-order valence-electron chi connectivity index (χ2n) is 5.57. The van der Waals surface area contributed by atoms with E-state index < -0.39 is 0 Å². The SMILES string of the molecule is Br.COc1cccc([C@@]23CCC[C@@H](C2)N[C@@H]3C)c1. The van der Waals surface area contributed by atoms with Crippen molar-refractivity contribution in [1.29, 1.82) is 0 Å². The van der Waals surface area contributed by atoms with Crippen LogP contribution in [-0.4, -0.2) is 19.2 Å². The van der Waals surface area contributed by atoms with E-state index in [0.717, 1.165) is 11.8 Å². The lowest BCUT2D eigenvalue weighted by Gasteiger charge is -2.36. The minimum absolute atomic E-state index is 0. The lowest BCUT2D eigenvalue weighted by molar-refractivity contribution is 0.318. The molecule has 1 aromatic rings. The second-order valence-corrected chi connectivity index (χ2v) is 5.57. The summed E-state index contributed by atoms with van der Waals surface area (Å²) >= 11 is 0. The molecule has 1 heterocycles. The first kappa shape index (κ1) is 13.9. The molecule has 1 saturated carbocycles. The van der Waals surface area contributed by atoms with Gasteiger partial charge in [-0.2, -0.15) is 0 Å². The van der Waals surface area contributed by atoms with Crippen molar-refractivity contribution in [2.24, 2.45) is 0 Å². The third-order valence-electron chi connectivity index (χ3n) is 4.75. The van der Waals surface area contributed by atoms with Crippen LogP contribution in [0, 0.1) is 0 Å². The largest absolute Gasteiger partial charge is 0.497 e. The van der Waals surface area contributed by atoms with Crippen molar-refractivity contribution < 1.29 is 4.74 Å². The standard InChI is InChI=1S/C15H21NO.BrH/c1-11-15(8-4-6-13(10-15)16-11)12-5-3-7-14(9-12)17-2;/h3,5,7,9,11,13,16H,4,6,8,10H2,1-2H3;1H/t11-,13+,15+;/m1./s1. The van der Waals surface area contributed by atoms with Crippen molar-refractivity contribution >= 4 is 17.0 Å². The van der Waals surface area contributed by atoms with Crippen LogP contribution >= 0.6 is 17.0 Å². The fourth-order valence-corrected chi connectivity index (χ4v) is 3.80. The second kappa shape index (κ2) is 5.22. The Labute approximate surface area is 120 Å². The molecule has 3 heteroatoms. The molecule has 0 unspecified atom stereocenters. The van der Waals surface area contributed by atoms with Gasteiger partial charge in [0.1, 0.15) is 5.75 Å². The number of hydrogen-bond acceptors (Lipinski definition) is 2. The summed E-state index contributed by atoms with van der Waals surface area (Å²) in [6, 6.07) is 9.97. The Hall–Kier alpha value is -0.540. The highest BCUT2D eigenvalue weighted by molar-refractivity contribution is 8.93. The van der Waals surface area contributed by atoms with Crippen molar-refractivity contribution in [3.05, 3.63) is 29.8 Å². The number of rotatable bonds is 2. The van der Waals surface area contributed by atoms with Crippen LogP contribution in [0.1, 0.15) is 38.2 Å². The van der Waals surface area contributed by atoms with Gasteiger partial charge in [-0.3, -0.25) is 0 Å². The molecular weight excluding hydrogens is 290 g/mol. The fourth-order valence-electron chi connectivity index (χ4n) is 3.80. The molecule has 3 atom stereocenters. The van der Waals surface area contributed by atoms with E-state index in [2.05, 4.69) is 30.4 Å². The van der Waals surface area contributed by atoms with Gasteiger partial charge in [-0.1, -0.05) is 18.6 Å². The molecule has 1 N–H and O–H groups in total. The summed E-state index contributed by atoms with van der Waals surface area (Å²) in [5.41, 5.74) is 1.80. The van der Waals surface area contributed by atoms with Crippen molar-refractivity contribution in [3.8, 4) is 5.75 Å². The molecule has 0 spiro atoms. The van der Waals surface area contributed by atoms with Crippen LogP contribution in [0.2, 0.25) is 0 Å². The molecule has 0 aromatic heterocycles. The molecule has 2 bridgehead atoms. The predicted octanol–water partition coefficient (Wildman–Crippen LogP) is 3.45. The molecule has 100 valence electrons. The Morgan fingerprint density at radius 2 is 2.22 bits per heavy atom. The first-order valence-corrected chi connectivity index (χ1v) is 6.65. The number of hydrogen-bond donors (Lipinski definition) is 1. The summed E-state index contributed by atoms with van der Waals surface area (Å²) in [6.45, 7) is 2.34. The van der Waals surface area contributed by atoms with Gasteiger partial charge in [-0.25, -0.2) is 0 Å². The highest BCUT2D eigenvalue weighted by Gasteiger charge is 2.48. The van der Waals surface area contributed by atoms with Crippen molar-refractivity contribution in [2.75, 3.05) is 7.11 Å². The molecule has 1 saturated heterocycles. The summed E-state index contributed by atoms with van der Waals surface area (Å²) < 4.78 is 5.36. The first-order chi connectivity index (χ1) is 8.24. The molecule has 0 radical (unpaired) electrons. The third-order valence-corrected chi connectivity index (χ3v) is 4.75. The van der Waals surface area contributed by atoms with Gasteiger partial charge in [-0.15, -0.1) is 17.0 Å². The van der Waals surface area contributed by atoms with E-state index in [9.17, 15) is 0 Å².